The number of unbranched alkanes of at least 4 members (excludes halogenated alkanes) is 2. The lowest BCUT2D eigenvalue weighted by atomic mass is 9.92. The Morgan fingerprint density at radius 3 is 2.95 bits per heavy atom. The number of carbonyl (C=O) groups excluding carboxylic acids is 1. The second-order valence-electron chi connectivity index (χ2n) is 5.24. The summed E-state index contributed by atoms with van der Waals surface area (Å²) >= 11 is 5.66. The Morgan fingerprint density at radius 2 is 2.15 bits per heavy atom. The van der Waals surface area contributed by atoms with Crippen LogP contribution in [0.3, 0.4) is 0 Å². The second-order valence-corrected chi connectivity index (χ2v) is 5.61. The van der Waals surface area contributed by atoms with E-state index in [0.29, 0.717) is 12.5 Å². The van der Waals surface area contributed by atoms with Gasteiger partial charge in [0.25, 0.3) is 0 Å². The number of nitrogens with zero attached hydrogens (tertiary/aromatic N) is 1. The van der Waals surface area contributed by atoms with Gasteiger partial charge in [-0.3, -0.25) is 4.79 Å². The minimum atomic E-state index is -0.0574. The first kappa shape index (κ1) is 15.2. The number of hydrogen-bond acceptors (Lipinski definition) is 2. The number of hydrogen-bond donors (Lipinski definition) is 0. The number of para-hydroxylation sites is 1. The highest BCUT2D eigenvalue weighted by Gasteiger charge is 2.29. The lowest BCUT2D eigenvalue weighted by Gasteiger charge is -2.28. The summed E-state index contributed by atoms with van der Waals surface area (Å²) in [6.45, 7) is 1.42. The highest BCUT2D eigenvalue weighted by atomic mass is 35.5. The van der Waals surface area contributed by atoms with E-state index in [-0.39, 0.29) is 11.8 Å². The van der Waals surface area contributed by atoms with Gasteiger partial charge in [-0.05, 0) is 25.3 Å². The molecule has 110 valence electrons. The quantitative estimate of drug-likeness (QED) is 0.594. The molecule has 2 rings (SSSR count). The number of halogens is 1. The largest absolute Gasteiger partial charge is 0.493 e. The fourth-order valence-corrected chi connectivity index (χ4v) is 2.78. The molecule has 0 saturated carbocycles. The van der Waals surface area contributed by atoms with Gasteiger partial charge in [0.1, 0.15) is 5.75 Å². The SMILES string of the molecule is CN(CCCCCCl)C(=O)C1CCOc2ccccc21. The second kappa shape index (κ2) is 7.53. The summed E-state index contributed by atoms with van der Waals surface area (Å²) in [5, 5.41) is 0. The topological polar surface area (TPSA) is 29.5 Å². The number of amides is 1. The van der Waals surface area contributed by atoms with E-state index in [0.717, 1.165) is 43.5 Å². The Kier molecular flexibility index (Phi) is 5.72. The Balaban J connectivity index is 1.96. The number of benzene rings is 1. The van der Waals surface area contributed by atoms with Gasteiger partial charge in [-0.15, -0.1) is 11.6 Å². The maximum Gasteiger partial charge on any atom is 0.230 e. The molecular formula is C16H22ClNO2. The van der Waals surface area contributed by atoms with Crippen LogP contribution < -0.4 is 4.74 Å². The Hall–Kier alpha value is -1.22. The normalized spacial score (nSPS) is 17.2. The first-order valence-corrected chi connectivity index (χ1v) is 7.80. The van der Waals surface area contributed by atoms with Crippen molar-refractivity contribution in [2.24, 2.45) is 0 Å². The number of likely N-dealkylation sites (N-methyl/N-ethyl adjacent to an activating group) is 1. The molecule has 0 radical (unpaired) electrons. The summed E-state index contributed by atoms with van der Waals surface area (Å²) in [6, 6.07) is 7.85. The van der Waals surface area contributed by atoms with Gasteiger partial charge in [-0.2, -0.15) is 0 Å². The summed E-state index contributed by atoms with van der Waals surface area (Å²) in [5.74, 6) is 1.70. The van der Waals surface area contributed by atoms with E-state index in [4.69, 9.17) is 16.3 Å². The molecule has 1 aliphatic rings. The van der Waals surface area contributed by atoms with Crippen LogP contribution in [0, 0.1) is 0 Å². The van der Waals surface area contributed by atoms with Crippen LogP contribution in [-0.2, 0) is 4.79 Å². The molecule has 1 aromatic rings. The number of carbonyl (C=O) groups is 1. The molecule has 1 aliphatic heterocycles. The first-order chi connectivity index (χ1) is 9.74. The van der Waals surface area contributed by atoms with Crippen LogP contribution in [0.5, 0.6) is 5.75 Å². The van der Waals surface area contributed by atoms with Crippen LogP contribution in [0.4, 0.5) is 0 Å². The Morgan fingerprint density at radius 1 is 1.35 bits per heavy atom. The lowest BCUT2D eigenvalue weighted by Crippen LogP contribution is -2.34. The number of rotatable bonds is 6. The van der Waals surface area contributed by atoms with Crippen molar-refractivity contribution in [1.29, 1.82) is 0 Å². The molecule has 3 nitrogen and oxygen atoms in total. The predicted octanol–water partition coefficient (Wildman–Crippen LogP) is 3.42. The minimum Gasteiger partial charge on any atom is -0.493 e. The molecule has 1 amide bonds. The lowest BCUT2D eigenvalue weighted by molar-refractivity contribution is -0.132. The highest BCUT2D eigenvalue weighted by molar-refractivity contribution is 6.17. The summed E-state index contributed by atoms with van der Waals surface area (Å²) in [5.41, 5.74) is 1.02. The van der Waals surface area contributed by atoms with Crippen LogP contribution in [0.1, 0.15) is 37.2 Å². The predicted molar refractivity (Wildman–Crippen MR) is 81.5 cm³/mol. The first-order valence-electron chi connectivity index (χ1n) is 7.26. The van der Waals surface area contributed by atoms with E-state index in [1.807, 2.05) is 36.2 Å². The average Bonchev–Trinajstić information content (AvgIpc) is 2.50. The molecular weight excluding hydrogens is 274 g/mol. The van der Waals surface area contributed by atoms with Crippen LogP contribution in [0.15, 0.2) is 24.3 Å². The molecule has 1 aromatic carbocycles. The molecule has 0 aromatic heterocycles. The van der Waals surface area contributed by atoms with Crippen LogP contribution in [0.25, 0.3) is 0 Å². The van der Waals surface area contributed by atoms with Gasteiger partial charge in [-0.25, -0.2) is 0 Å². The van der Waals surface area contributed by atoms with Crippen molar-refractivity contribution in [3.05, 3.63) is 29.8 Å². The Bertz CT molecular complexity index is 450. The van der Waals surface area contributed by atoms with Crippen molar-refractivity contribution in [2.75, 3.05) is 26.1 Å². The van der Waals surface area contributed by atoms with Gasteiger partial charge >= 0.3 is 0 Å². The summed E-state index contributed by atoms with van der Waals surface area (Å²) in [6.07, 6.45) is 3.87. The zero-order chi connectivity index (χ0) is 14.4. The van der Waals surface area contributed by atoms with E-state index in [9.17, 15) is 4.79 Å². The molecule has 1 unspecified atom stereocenters. The fraction of sp³-hybridized carbons (Fsp3) is 0.562. The molecule has 20 heavy (non-hydrogen) atoms. The number of alkyl halides is 1. The molecule has 0 fully saturated rings. The monoisotopic (exact) mass is 295 g/mol. The van der Waals surface area contributed by atoms with E-state index in [1.165, 1.54) is 0 Å². The molecule has 0 saturated heterocycles. The van der Waals surface area contributed by atoms with Crippen molar-refractivity contribution < 1.29 is 9.53 Å². The molecule has 0 N–H and O–H groups in total. The van der Waals surface area contributed by atoms with Crippen molar-refractivity contribution in [3.63, 3.8) is 0 Å². The molecule has 1 atom stereocenters. The highest BCUT2D eigenvalue weighted by Crippen LogP contribution is 2.34. The van der Waals surface area contributed by atoms with Gasteiger partial charge in [-0.1, -0.05) is 24.6 Å². The van der Waals surface area contributed by atoms with Crippen molar-refractivity contribution in [3.8, 4) is 5.75 Å². The van der Waals surface area contributed by atoms with Gasteiger partial charge in [0.2, 0.25) is 5.91 Å². The molecule has 1 heterocycles. The maximum atomic E-state index is 12.6. The van der Waals surface area contributed by atoms with Gasteiger partial charge in [0.15, 0.2) is 0 Å². The standard InChI is InChI=1S/C16H22ClNO2/c1-18(11-6-2-5-10-17)16(19)14-9-12-20-15-8-4-3-7-13(14)15/h3-4,7-8,14H,2,5-6,9-12H2,1H3. The van der Waals surface area contributed by atoms with Crippen LogP contribution in [0.2, 0.25) is 0 Å². The number of ether oxygens (including phenoxy) is 1. The molecule has 0 spiro atoms. The molecule has 0 aliphatic carbocycles. The fourth-order valence-electron chi connectivity index (χ4n) is 2.60. The minimum absolute atomic E-state index is 0.0574. The van der Waals surface area contributed by atoms with E-state index < -0.39 is 0 Å². The van der Waals surface area contributed by atoms with E-state index in [2.05, 4.69) is 0 Å². The number of fused-ring (bicyclic) bond motifs is 1. The summed E-state index contributed by atoms with van der Waals surface area (Å²) in [7, 11) is 1.89. The van der Waals surface area contributed by atoms with Crippen LogP contribution in [-0.4, -0.2) is 36.9 Å². The maximum absolute atomic E-state index is 12.6. The van der Waals surface area contributed by atoms with E-state index >= 15 is 0 Å². The van der Waals surface area contributed by atoms with E-state index in [1.54, 1.807) is 0 Å². The zero-order valence-corrected chi connectivity index (χ0v) is 12.7. The molecule has 0 bridgehead atoms. The third-order valence-electron chi connectivity index (χ3n) is 3.76. The van der Waals surface area contributed by atoms with Crippen molar-refractivity contribution in [2.45, 2.75) is 31.6 Å². The van der Waals surface area contributed by atoms with Gasteiger partial charge in [0, 0.05) is 25.0 Å². The summed E-state index contributed by atoms with van der Waals surface area (Å²) in [4.78, 5) is 14.4. The third-order valence-corrected chi connectivity index (χ3v) is 4.03. The third kappa shape index (κ3) is 3.66. The van der Waals surface area contributed by atoms with Gasteiger partial charge in [0.05, 0.1) is 12.5 Å². The summed E-state index contributed by atoms with van der Waals surface area (Å²) < 4.78 is 5.61. The average molecular weight is 296 g/mol. The molecule has 4 heteroatoms. The van der Waals surface area contributed by atoms with Crippen LogP contribution >= 0.6 is 11.6 Å². The zero-order valence-electron chi connectivity index (χ0n) is 12.0. The smallest absolute Gasteiger partial charge is 0.230 e. The van der Waals surface area contributed by atoms with Gasteiger partial charge < -0.3 is 9.64 Å². The van der Waals surface area contributed by atoms with Crippen molar-refractivity contribution in [1.82, 2.24) is 4.90 Å². The Labute approximate surface area is 125 Å². The van der Waals surface area contributed by atoms with Crippen molar-refractivity contribution >= 4 is 17.5 Å².